The maximum absolute atomic E-state index is 13.9. The number of nitrogens with one attached hydrogen (secondary N) is 1. The molecule has 0 bridgehead atoms. The molecule has 3 heterocycles. The van der Waals surface area contributed by atoms with Gasteiger partial charge in [0.05, 0.1) is 11.7 Å². The summed E-state index contributed by atoms with van der Waals surface area (Å²) in [5, 5.41) is 4.06. The minimum absolute atomic E-state index is 0.0929. The number of thiocarbonyl (C=S) groups is 1. The fourth-order valence-corrected chi connectivity index (χ4v) is 4.19. The molecular formula is C22H23FN4S. The van der Waals surface area contributed by atoms with Crippen molar-refractivity contribution in [2.75, 3.05) is 4.90 Å². The van der Waals surface area contributed by atoms with Gasteiger partial charge in [0.1, 0.15) is 11.9 Å². The molecule has 1 N–H and O–H groups in total. The molecule has 0 saturated carbocycles. The van der Waals surface area contributed by atoms with Crippen LogP contribution in [-0.4, -0.2) is 14.7 Å². The van der Waals surface area contributed by atoms with Gasteiger partial charge in [-0.05, 0) is 81.0 Å². The summed E-state index contributed by atoms with van der Waals surface area (Å²) in [6.07, 6.45) is 3.88. The number of halogens is 1. The SMILES string of the molecule is Cc1cc(N2C(=S)N[C@H](c3ccccn3)[C@H]2c2cccn2C(C)C)ccc1F. The van der Waals surface area contributed by atoms with E-state index in [0.29, 0.717) is 16.7 Å². The molecule has 144 valence electrons. The van der Waals surface area contributed by atoms with Crippen LogP contribution < -0.4 is 10.2 Å². The molecule has 0 radical (unpaired) electrons. The molecule has 3 aromatic rings. The lowest BCUT2D eigenvalue weighted by molar-refractivity contribution is 0.497. The fraction of sp³-hybridized carbons (Fsp3) is 0.273. The Morgan fingerprint density at radius 3 is 2.64 bits per heavy atom. The van der Waals surface area contributed by atoms with E-state index in [0.717, 1.165) is 17.1 Å². The van der Waals surface area contributed by atoms with Crippen molar-refractivity contribution in [1.82, 2.24) is 14.9 Å². The lowest BCUT2D eigenvalue weighted by Gasteiger charge is -2.30. The summed E-state index contributed by atoms with van der Waals surface area (Å²) in [5.74, 6) is -0.217. The Labute approximate surface area is 170 Å². The van der Waals surface area contributed by atoms with Crippen molar-refractivity contribution in [2.45, 2.75) is 38.9 Å². The van der Waals surface area contributed by atoms with Crippen LogP contribution in [0.3, 0.4) is 0 Å². The molecule has 4 rings (SSSR count). The summed E-state index contributed by atoms with van der Waals surface area (Å²) >= 11 is 5.72. The Hall–Kier alpha value is -2.73. The summed E-state index contributed by atoms with van der Waals surface area (Å²) in [5.41, 5.74) is 3.53. The van der Waals surface area contributed by atoms with Crippen molar-refractivity contribution < 1.29 is 4.39 Å². The molecule has 1 aromatic carbocycles. The molecule has 6 heteroatoms. The molecule has 0 amide bonds. The van der Waals surface area contributed by atoms with Gasteiger partial charge < -0.3 is 14.8 Å². The second-order valence-corrected chi connectivity index (χ2v) is 7.75. The standard InChI is InChI=1S/C22H23FN4S/c1-14(2)26-12-6-8-19(26)21-20(18-7-4-5-11-24-18)25-22(28)27(21)16-9-10-17(23)15(3)13-16/h4-14,20-21H,1-3H3,(H,25,28)/t20-,21-/m1/s1. The van der Waals surface area contributed by atoms with Crippen molar-refractivity contribution in [3.63, 3.8) is 0 Å². The van der Waals surface area contributed by atoms with E-state index < -0.39 is 0 Å². The van der Waals surface area contributed by atoms with E-state index in [1.807, 2.05) is 24.3 Å². The Morgan fingerprint density at radius 1 is 1.14 bits per heavy atom. The molecule has 2 aromatic heterocycles. The van der Waals surface area contributed by atoms with Gasteiger partial charge in [0.2, 0.25) is 0 Å². The van der Waals surface area contributed by atoms with Gasteiger partial charge in [-0.2, -0.15) is 0 Å². The van der Waals surface area contributed by atoms with Crippen LogP contribution in [0, 0.1) is 12.7 Å². The Morgan fingerprint density at radius 2 is 1.96 bits per heavy atom. The zero-order valence-electron chi connectivity index (χ0n) is 16.1. The van der Waals surface area contributed by atoms with Gasteiger partial charge in [0, 0.05) is 29.8 Å². The highest BCUT2D eigenvalue weighted by molar-refractivity contribution is 7.80. The number of anilines is 1. The monoisotopic (exact) mass is 394 g/mol. The molecule has 28 heavy (non-hydrogen) atoms. The average molecular weight is 395 g/mol. The lowest BCUT2D eigenvalue weighted by atomic mass is 10.0. The molecule has 0 unspecified atom stereocenters. The van der Waals surface area contributed by atoms with Crippen molar-refractivity contribution in [3.05, 3.63) is 83.7 Å². The van der Waals surface area contributed by atoms with Crippen LogP contribution in [0.5, 0.6) is 0 Å². The second kappa shape index (κ2) is 7.36. The van der Waals surface area contributed by atoms with Crippen molar-refractivity contribution in [2.24, 2.45) is 0 Å². The molecule has 1 saturated heterocycles. The van der Waals surface area contributed by atoms with Crippen LogP contribution in [0.25, 0.3) is 0 Å². The number of pyridine rings is 1. The number of rotatable bonds is 4. The summed E-state index contributed by atoms with van der Waals surface area (Å²) in [6.45, 7) is 6.09. The molecule has 4 nitrogen and oxygen atoms in total. The maximum Gasteiger partial charge on any atom is 0.174 e. The molecular weight excluding hydrogens is 371 g/mol. The molecule has 1 fully saturated rings. The van der Waals surface area contributed by atoms with E-state index in [-0.39, 0.29) is 17.9 Å². The lowest BCUT2D eigenvalue weighted by Crippen LogP contribution is -2.30. The van der Waals surface area contributed by atoms with E-state index in [4.69, 9.17) is 12.2 Å². The van der Waals surface area contributed by atoms with Crippen LogP contribution in [0.2, 0.25) is 0 Å². The summed E-state index contributed by atoms with van der Waals surface area (Å²) in [6, 6.07) is 15.3. The van der Waals surface area contributed by atoms with Crippen LogP contribution in [-0.2, 0) is 0 Å². The van der Waals surface area contributed by atoms with Crippen LogP contribution in [0.1, 0.15) is 48.9 Å². The van der Waals surface area contributed by atoms with E-state index in [1.165, 1.54) is 6.07 Å². The topological polar surface area (TPSA) is 33.1 Å². The number of nitrogens with zero attached hydrogens (tertiary/aromatic N) is 3. The van der Waals surface area contributed by atoms with E-state index in [2.05, 4.69) is 51.9 Å². The summed E-state index contributed by atoms with van der Waals surface area (Å²) in [7, 11) is 0. The second-order valence-electron chi connectivity index (χ2n) is 7.36. The largest absolute Gasteiger partial charge is 0.351 e. The third-order valence-electron chi connectivity index (χ3n) is 5.19. The Bertz CT molecular complexity index is 999. The van der Waals surface area contributed by atoms with Gasteiger partial charge in [-0.25, -0.2) is 4.39 Å². The Balaban J connectivity index is 1.87. The van der Waals surface area contributed by atoms with E-state index in [9.17, 15) is 4.39 Å². The van der Waals surface area contributed by atoms with Gasteiger partial charge in [-0.3, -0.25) is 4.98 Å². The number of hydrogen-bond acceptors (Lipinski definition) is 2. The molecule has 0 spiro atoms. The van der Waals surface area contributed by atoms with Crippen molar-refractivity contribution >= 4 is 23.0 Å². The highest BCUT2D eigenvalue weighted by Crippen LogP contribution is 2.42. The predicted molar refractivity (Wildman–Crippen MR) is 114 cm³/mol. The highest BCUT2D eigenvalue weighted by atomic mass is 32.1. The fourth-order valence-electron chi connectivity index (χ4n) is 3.84. The zero-order chi connectivity index (χ0) is 19.8. The normalized spacial score (nSPS) is 19.3. The first-order valence-corrected chi connectivity index (χ1v) is 9.81. The van der Waals surface area contributed by atoms with Crippen LogP contribution in [0.4, 0.5) is 10.1 Å². The van der Waals surface area contributed by atoms with E-state index >= 15 is 0 Å². The Kier molecular flexibility index (Phi) is 4.89. The zero-order valence-corrected chi connectivity index (χ0v) is 16.9. The number of aryl methyl sites for hydroxylation is 1. The number of aromatic nitrogens is 2. The van der Waals surface area contributed by atoms with Gasteiger partial charge >= 0.3 is 0 Å². The van der Waals surface area contributed by atoms with Crippen molar-refractivity contribution in [3.8, 4) is 0 Å². The van der Waals surface area contributed by atoms with Crippen LogP contribution >= 0.6 is 12.2 Å². The van der Waals surface area contributed by atoms with Crippen molar-refractivity contribution in [1.29, 1.82) is 0 Å². The first kappa shape index (κ1) is 18.6. The third kappa shape index (κ3) is 3.18. The average Bonchev–Trinajstić information content (AvgIpc) is 3.29. The summed E-state index contributed by atoms with van der Waals surface area (Å²) < 4.78 is 16.1. The molecule has 1 aliphatic heterocycles. The summed E-state index contributed by atoms with van der Waals surface area (Å²) in [4.78, 5) is 6.65. The third-order valence-corrected chi connectivity index (χ3v) is 5.50. The first-order valence-electron chi connectivity index (χ1n) is 9.41. The van der Waals surface area contributed by atoms with Gasteiger partial charge in [-0.15, -0.1) is 0 Å². The minimum atomic E-state index is -0.217. The molecule has 0 aliphatic carbocycles. The predicted octanol–water partition coefficient (Wildman–Crippen LogP) is 5.09. The molecule has 1 aliphatic rings. The first-order chi connectivity index (χ1) is 13.5. The highest BCUT2D eigenvalue weighted by Gasteiger charge is 2.42. The number of hydrogen-bond donors (Lipinski definition) is 1. The van der Waals surface area contributed by atoms with Gasteiger partial charge in [0.15, 0.2) is 5.11 Å². The van der Waals surface area contributed by atoms with Crippen LogP contribution in [0.15, 0.2) is 60.9 Å². The quantitative estimate of drug-likeness (QED) is 0.625. The van der Waals surface area contributed by atoms with Gasteiger partial charge in [-0.1, -0.05) is 6.07 Å². The van der Waals surface area contributed by atoms with Gasteiger partial charge in [0.25, 0.3) is 0 Å². The maximum atomic E-state index is 13.9. The minimum Gasteiger partial charge on any atom is -0.351 e. The smallest absolute Gasteiger partial charge is 0.174 e. The molecule has 2 atom stereocenters. The number of benzene rings is 1. The van der Waals surface area contributed by atoms with E-state index in [1.54, 1.807) is 19.2 Å².